The molecule has 2 N–H and O–H groups in total. The molecule has 0 heterocycles. The largest absolute Gasteiger partial charge is 0.330 e. The van der Waals surface area contributed by atoms with E-state index in [0.29, 0.717) is 13.0 Å². The molecule has 0 aliphatic rings. The Bertz CT molecular complexity index is 373. The molecule has 16 heavy (non-hydrogen) atoms. The first-order chi connectivity index (χ1) is 7.45. The zero-order valence-electron chi connectivity index (χ0n) is 10.6. The average molecular weight is 219 g/mol. The van der Waals surface area contributed by atoms with Gasteiger partial charge in [0.2, 0.25) is 0 Å². The summed E-state index contributed by atoms with van der Waals surface area (Å²) < 4.78 is 0. The minimum atomic E-state index is 0.216. The monoisotopic (exact) mass is 219 g/mol. The Morgan fingerprint density at radius 2 is 1.75 bits per heavy atom. The molecule has 2 nitrogen and oxygen atoms in total. The molecule has 0 aliphatic heterocycles. The lowest BCUT2D eigenvalue weighted by atomic mass is 9.92. The van der Waals surface area contributed by atoms with Gasteiger partial charge in [0.05, 0.1) is 0 Å². The molecule has 0 spiro atoms. The summed E-state index contributed by atoms with van der Waals surface area (Å²) in [6.07, 6.45) is 0.543. The number of carbonyl (C=O) groups excluding carboxylic acids is 1. The first-order valence-corrected chi connectivity index (χ1v) is 5.76. The van der Waals surface area contributed by atoms with Crippen LogP contribution in [0.5, 0.6) is 0 Å². The molecule has 0 amide bonds. The predicted octanol–water partition coefficient (Wildman–Crippen LogP) is 2.78. The maximum atomic E-state index is 12.1. The SMILES string of the molecule is Cc1cc(C)c(C(=O)CC(C)CN)c(C)c1. The van der Waals surface area contributed by atoms with Crippen molar-refractivity contribution in [3.05, 3.63) is 34.4 Å². The highest BCUT2D eigenvalue weighted by Crippen LogP contribution is 2.19. The zero-order chi connectivity index (χ0) is 12.3. The van der Waals surface area contributed by atoms with Crippen LogP contribution in [0, 0.1) is 26.7 Å². The van der Waals surface area contributed by atoms with E-state index in [0.717, 1.165) is 16.7 Å². The molecule has 1 aromatic rings. The standard InChI is InChI=1S/C14H21NO/c1-9-5-11(3)14(12(4)6-9)13(16)7-10(2)8-15/h5-6,10H,7-8,15H2,1-4H3. The summed E-state index contributed by atoms with van der Waals surface area (Å²) in [6.45, 7) is 8.63. The summed E-state index contributed by atoms with van der Waals surface area (Å²) in [6, 6.07) is 4.13. The van der Waals surface area contributed by atoms with Crippen molar-refractivity contribution in [3.63, 3.8) is 0 Å². The van der Waals surface area contributed by atoms with Gasteiger partial charge in [-0.3, -0.25) is 4.79 Å². The van der Waals surface area contributed by atoms with Crippen LogP contribution >= 0.6 is 0 Å². The van der Waals surface area contributed by atoms with Gasteiger partial charge in [-0.15, -0.1) is 0 Å². The third kappa shape index (κ3) is 2.92. The number of rotatable bonds is 4. The lowest BCUT2D eigenvalue weighted by Gasteiger charge is -2.12. The van der Waals surface area contributed by atoms with E-state index in [2.05, 4.69) is 19.1 Å². The smallest absolute Gasteiger partial charge is 0.163 e. The molecule has 0 saturated heterocycles. The highest BCUT2D eigenvalue weighted by atomic mass is 16.1. The van der Waals surface area contributed by atoms with Crippen molar-refractivity contribution in [2.24, 2.45) is 11.7 Å². The minimum Gasteiger partial charge on any atom is -0.330 e. The van der Waals surface area contributed by atoms with Gasteiger partial charge in [-0.1, -0.05) is 24.6 Å². The molecule has 1 aromatic carbocycles. The minimum absolute atomic E-state index is 0.216. The van der Waals surface area contributed by atoms with E-state index < -0.39 is 0 Å². The van der Waals surface area contributed by atoms with E-state index in [4.69, 9.17) is 5.73 Å². The zero-order valence-corrected chi connectivity index (χ0v) is 10.6. The Labute approximate surface area is 97.9 Å². The van der Waals surface area contributed by atoms with Gasteiger partial charge >= 0.3 is 0 Å². The Balaban J connectivity index is 3.00. The van der Waals surface area contributed by atoms with Crippen LogP contribution in [0.3, 0.4) is 0 Å². The second-order valence-electron chi connectivity index (χ2n) is 4.74. The molecule has 0 aromatic heterocycles. The van der Waals surface area contributed by atoms with Gasteiger partial charge in [-0.25, -0.2) is 0 Å². The fraction of sp³-hybridized carbons (Fsp3) is 0.500. The van der Waals surface area contributed by atoms with Crippen LogP contribution in [0.25, 0.3) is 0 Å². The van der Waals surface area contributed by atoms with Crippen LogP contribution in [0.15, 0.2) is 12.1 Å². The van der Waals surface area contributed by atoms with Gasteiger partial charge in [0.15, 0.2) is 5.78 Å². The quantitative estimate of drug-likeness (QED) is 0.791. The number of ketones is 1. The molecule has 0 fully saturated rings. The van der Waals surface area contributed by atoms with E-state index in [1.807, 2.05) is 20.8 Å². The molecule has 2 heteroatoms. The van der Waals surface area contributed by atoms with Crippen molar-refractivity contribution < 1.29 is 4.79 Å². The predicted molar refractivity (Wildman–Crippen MR) is 67.8 cm³/mol. The van der Waals surface area contributed by atoms with E-state index in [1.165, 1.54) is 5.56 Å². The number of nitrogens with two attached hydrogens (primary N) is 1. The van der Waals surface area contributed by atoms with Gasteiger partial charge in [0.25, 0.3) is 0 Å². The lowest BCUT2D eigenvalue weighted by Crippen LogP contribution is -2.16. The molecule has 0 bridgehead atoms. The van der Waals surface area contributed by atoms with Gasteiger partial charge in [0, 0.05) is 12.0 Å². The second kappa shape index (κ2) is 5.26. The van der Waals surface area contributed by atoms with Crippen LogP contribution in [-0.4, -0.2) is 12.3 Å². The van der Waals surface area contributed by atoms with Crippen LogP contribution in [-0.2, 0) is 0 Å². The molecule has 88 valence electrons. The van der Waals surface area contributed by atoms with Crippen molar-refractivity contribution in [1.82, 2.24) is 0 Å². The second-order valence-corrected chi connectivity index (χ2v) is 4.74. The number of hydrogen-bond donors (Lipinski definition) is 1. The van der Waals surface area contributed by atoms with Crippen LogP contribution in [0.2, 0.25) is 0 Å². The topological polar surface area (TPSA) is 43.1 Å². The van der Waals surface area contributed by atoms with Gasteiger partial charge < -0.3 is 5.73 Å². The van der Waals surface area contributed by atoms with Crippen molar-refractivity contribution >= 4 is 5.78 Å². The van der Waals surface area contributed by atoms with E-state index >= 15 is 0 Å². The highest BCUT2D eigenvalue weighted by molar-refractivity contribution is 5.99. The molecule has 0 aliphatic carbocycles. The van der Waals surface area contributed by atoms with E-state index in [9.17, 15) is 4.79 Å². The molecule has 1 rings (SSSR count). The Hall–Kier alpha value is -1.15. The van der Waals surface area contributed by atoms with Crippen molar-refractivity contribution in [1.29, 1.82) is 0 Å². The van der Waals surface area contributed by atoms with Crippen LogP contribution in [0.4, 0.5) is 0 Å². The van der Waals surface area contributed by atoms with Crippen molar-refractivity contribution in [2.75, 3.05) is 6.54 Å². The molecular weight excluding hydrogens is 198 g/mol. The summed E-state index contributed by atoms with van der Waals surface area (Å²) in [4.78, 5) is 12.1. The number of hydrogen-bond acceptors (Lipinski definition) is 2. The fourth-order valence-corrected chi connectivity index (χ4v) is 2.12. The average Bonchev–Trinajstić information content (AvgIpc) is 2.15. The molecule has 1 atom stereocenters. The van der Waals surface area contributed by atoms with E-state index in [-0.39, 0.29) is 11.7 Å². The summed E-state index contributed by atoms with van der Waals surface area (Å²) >= 11 is 0. The third-order valence-corrected chi connectivity index (χ3v) is 2.89. The first-order valence-electron chi connectivity index (χ1n) is 5.76. The van der Waals surface area contributed by atoms with E-state index in [1.54, 1.807) is 0 Å². The number of carbonyl (C=O) groups is 1. The highest BCUT2D eigenvalue weighted by Gasteiger charge is 2.15. The number of Topliss-reactive ketones (excluding diaryl/α,β-unsaturated/α-hetero) is 1. The summed E-state index contributed by atoms with van der Waals surface area (Å²) in [5, 5.41) is 0. The summed E-state index contributed by atoms with van der Waals surface area (Å²) in [5.41, 5.74) is 9.79. The lowest BCUT2D eigenvalue weighted by molar-refractivity contribution is 0.0964. The maximum absolute atomic E-state index is 12.1. The van der Waals surface area contributed by atoms with Crippen LogP contribution < -0.4 is 5.73 Å². The number of aryl methyl sites for hydroxylation is 3. The van der Waals surface area contributed by atoms with Gasteiger partial charge in [-0.05, 0) is 44.4 Å². The fourth-order valence-electron chi connectivity index (χ4n) is 2.12. The maximum Gasteiger partial charge on any atom is 0.163 e. The first kappa shape index (κ1) is 12.9. The van der Waals surface area contributed by atoms with Crippen molar-refractivity contribution in [2.45, 2.75) is 34.1 Å². The third-order valence-electron chi connectivity index (χ3n) is 2.89. The molecule has 1 unspecified atom stereocenters. The number of benzene rings is 1. The Kier molecular flexibility index (Phi) is 4.25. The molecule has 0 radical (unpaired) electrons. The van der Waals surface area contributed by atoms with Crippen molar-refractivity contribution in [3.8, 4) is 0 Å². The molecular formula is C14H21NO. The molecule has 0 saturated carbocycles. The summed E-state index contributed by atoms with van der Waals surface area (Å²) in [5.74, 6) is 0.473. The Morgan fingerprint density at radius 1 is 1.25 bits per heavy atom. The van der Waals surface area contributed by atoms with Gasteiger partial charge in [-0.2, -0.15) is 0 Å². The Morgan fingerprint density at radius 3 is 2.19 bits per heavy atom. The normalized spacial score (nSPS) is 12.6. The summed E-state index contributed by atoms with van der Waals surface area (Å²) in [7, 11) is 0. The van der Waals surface area contributed by atoms with Gasteiger partial charge in [0.1, 0.15) is 0 Å². The van der Waals surface area contributed by atoms with Crippen LogP contribution in [0.1, 0.15) is 40.4 Å².